The maximum Gasteiger partial charge on any atom is 0.377 e. The van der Waals surface area contributed by atoms with Crippen LogP contribution in [0.25, 0.3) is 0 Å². The Morgan fingerprint density at radius 3 is 2.94 bits per heavy atom. The number of hydrogen-bond acceptors (Lipinski definition) is 7. The van der Waals surface area contributed by atoms with Crippen LogP contribution >= 0.6 is 22.9 Å². The van der Waals surface area contributed by atoms with Crippen molar-refractivity contribution in [3.63, 3.8) is 0 Å². The first-order chi connectivity index (χ1) is 8.20. The van der Waals surface area contributed by atoms with Crippen LogP contribution < -0.4 is 5.32 Å². The number of esters is 1. The number of hydrogen-bond donors (Lipinski definition) is 1. The Morgan fingerprint density at radius 2 is 2.29 bits per heavy atom. The molecular weight excluding hydrogens is 262 g/mol. The van der Waals surface area contributed by atoms with Crippen molar-refractivity contribution in [2.24, 2.45) is 0 Å². The quantitative estimate of drug-likeness (QED) is 0.857. The van der Waals surface area contributed by atoms with Gasteiger partial charge >= 0.3 is 5.97 Å². The fraction of sp³-hybridized carbons (Fsp3) is 0.111. The zero-order chi connectivity index (χ0) is 12.3. The summed E-state index contributed by atoms with van der Waals surface area (Å²) in [5.41, 5.74) is 0. The van der Waals surface area contributed by atoms with E-state index >= 15 is 0 Å². The highest BCUT2D eigenvalue weighted by molar-refractivity contribution is 7.12. The minimum atomic E-state index is -0.627. The van der Waals surface area contributed by atoms with Gasteiger partial charge < -0.3 is 4.74 Å². The van der Waals surface area contributed by atoms with Gasteiger partial charge in [-0.2, -0.15) is 9.36 Å². The maximum atomic E-state index is 11.6. The van der Waals surface area contributed by atoms with Crippen molar-refractivity contribution in [2.45, 2.75) is 0 Å². The fourth-order valence-electron chi connectivity index (χ4n) is 1.01. The molecule has 0 spiro atoms. The molecule has 0 saturated heterocycles. The van der Waals surface area contributed by atoms with E-state index in [0.29, 0.717) is 4.88 Å². The summed E-state index contributed by atoms with van der Waals surface area (Å²) in [6.07, 6.45) is 0. The molecule has 0 aliphatic rings. The van der Waals surface area contributed by atoms with Crippen molar-refractivity contribution in [3.05, 3.63) is 28.2 Å². The molecule has 88 valence electrons. The summed E-state index contributed by atoms with van der Waals surface area (Å²) in [5.74, 6) is -0.954. The van der Waals surface area contributed by atoms with Crippen LogP contribution in [0.4, 0.5) is 5.13 Å². The fourth-order valence-corrected chi connectivity index (χ4v) is 2.19. The summed E-state index contributed by atoms with van der Waals surface area (Å²) in [6.45, 7) is 0. The number of carbonyl (C=O) groups is 2. The van der Waals surface area contributed by atoms with Crippen LogP contribution in [-0.2, 0) is 4.74 Å². The maximum absolute atomic E-state index is 11.6. The third-order valence-corrected chi connectivity index (χ3v) is 3.26. The van der Waals surface area contributed by atoms with Crippen LogP contribution in [-0.4, -0.2) is 28.3 Å². The standard InChI is InChI=1S/C9H7N3O3S2/c1-15-8(14)6-10-9(17-12-6)11-7(13)5-3-2-4-16-5/h2-4H,1H3,(H,10,11,12,13). The van der Waals surface area contributed by atoms with Gasteiger partial charge in [0.1, 0.15) is 0 Å². The molecule has 0 aliphatic heterocycles. The van der Waals surface area contributed by atoms with Gasteiger partial charge in [-0.25, -0.2) is 4.79 Å². The molecule has 0 atom stereocenters. The average Bonchev–Trinajstić information content (AvgIpc) is 2.98. The first-order valence-electron chi connectivity index (χ1n) is 4.47. The van der Waals surface area contributed by atoms with Crippen LogP contribution in [0.3, 0.4) is 0 Å². The van der Waals surface area contributed by atoms with Crippen LogP contribution in [0.15, 0.2) is 17.5 Å². The first-order valence-corrected chi connectivity index (χ1v) is 6.13. The SMILES string of the molecule is COC(=O)c1nsc(NC(=O)c2cccs2)n1. The van der Waals surface area contributed by atoms with E-state index in [-0.39, 0.29) is 16.9 Å². The minimum Gasteiger partial charge on any atom is -0.463 e. The molecule has 2 heterocycles. The largest absolute Gasteiger partial charge is 0.463 e. The molecule has 8 heteroatoms. The highest BCUT2D eigenvalue weighted by atomic mass is 32.1. The molecule has 0 aliphatic carbocycles. The number of methoxy groups -OCH3 is 1. The minimum absolute atomic E-state index is 0.0565. The zero-order valence-corrected chi connectivity index (χ0v) is 10.3. The Bertz CT molecular complexity index is 535. The molecular formula is C9H7N3O3S2. The number of anilines is 1. The summed E-state index contributed by atoms with van der Waals surface area (Å²) in [7, 11) is 1.24. The molecule has 2 aromatic heterocycles. The number of thiophene rings is 1. The van der Waals surface area contributed by atoms with Gasteiger partial charge in [0.05, 0.1) is 12.0 Å². The molecule has 2 aromatic rings. The first kappa shape index (κ1) is 11.7. The molecule has 0 saturated carbocycles. The van der Waals surface area contributed by atoms with Crippen molar-refractivity contribution in [1.29, 1.82) is 0 Å². The zero-order valence-electron chi connectivity index (χ0n) is 8.67. The molecule has 0 fully saturated rings. The van der Waals surface area contributed by atoms with Crippen LogP contribution in [0.2, 0.25) is 0 Å². The summed E-state index contributed by atoms with van der Waals surface area (Å²) >= 11 is 2.25. The second-order valence-electron chi connectivity index (χ2n) is 2.85. The molecule has 0 aromatic carbocycles. The number of amides is 1. The van der Waals surface area contributed by atoms with Gasteiger partial charge in [-0.1, -0.05) is 6.07 Å². The van der Waals surface area contributed by atoms with Crippen LogP contribution in [0.5, 0.6) is 0 Å². The monoisotopic (exact) mass is 269 g/mol. The Hall–Kier alpha value is -1.80. The normalized spacial score (nSPS) is 9.94. The number of nitrogens with zero attached hydrogens (tertiary/aromatic N) is 2. The van der Waals surface area contributed by atoms with E-state index in [4.69, 9.17) is 0 Å². The lowest BCUT2D eigenvalue weighted by atomic mass is 10.4. The molecule has 2 rings (SSSR count). The molecule has 1 N–H and O–H groups in total. The smallest absolute Gasteiger partial charge is 0.377 e. The average molecular weight is 269 g/mol. The van der Waals surface area contributed by atoms with E-state index in [1.807, 2.05) is 0 Å². The van der Waals surface area contributed by atoms with E-state index in [1.54, 1.807) is 17.5 Å². The Labute approximate surface area is 104 Å². The summed E-state index contributed by atoms with van der Waals surface area (Å²) in [4.78, 5) is 27.1. The molecule has 0 bridgehead atoms. The van der Waals surface area contributed by atoms with Crippen LogP contribution in [0, 0.1) is 0 Å². The number of aromatic nitrogens is 2. The molecule has 0 radical (unpaired) electrons. The lowest BCUT2D eigenvalue weighted by molar-refractivity contribution is 0.0588. The topological polar surface area (TPSA) is 81.2 Å². The Morgan fingerprint density at radius 1 is 1.47 bits per heavy atom. The van der Waals surface area contributed by atoms with Crippen molar-refractivity contribution in [1.82, 2.24) is 9.36 Å². The van der Waals surface area contributed by atoms with Crippen molar-refractivity contribution >= 4 is 39.9 Å². The molecule has 17 heavy (non-hydrogen) atoms. The highest BCUT2D eigenvalue weighted by Gasteiger charge is 2.15. The van der Waals surface area contributed by atoms with Crippen molar-refractivity contribution in [2.75, 3.05) is 12.4 Å². The van der Waals surface area contributed by atoms with Gasteiger partial charge in [-0.05, 0) is 11.4 Å². The third-order valence-electron chi connectivity index (χ3n) is 1.76. The molecule has 1 amide bonds. The summed E-state index contributed by atoms with van der Waals surface area (Å²) < 4.78 is 8.22. The van der Waals surface area contributed by atoms with Gasteiger partial charge in [0.15, 0.2) is 0 Å². The van der Waals surface area contributed by atoms with Gasteiger partial charge in [0.25, 0.3) is 11.7 Å². The van der Waals surface area contributed by atoms with Crippen molar-refractivity contribution in [3.8, 4) is 0 Å². The predicted octanol–water partition coefficient (Wildman–Crippen LogP) is 1.64. The lowest BCUT2D eigenvalue weighted by Crippen LogP contribution is -2.10. The second-order valence-corrected chi connectivity index (χ2v) is 4.55. The van der Waals surface area contributed by atoms with E-state index < -0.39 is 5.97 Å². The number of rotatable bonds is 3. The van der Waals surface area contributed by atoms with Crippen LogP contribution in [0.1, 0.15) is 20.3 Å². The Balaban J connectivity index is 2.07. The Kier molecular flexibility index (Phi) is 3.45. The van der Waals surface area contributed by atoms with Gasteiger partial charge in [-0.15, -0.1) is 11.3 Å². The van der Waals surface area contributed by atoms with Gasteiger partial charge in [-0.3, -0.25) is 10.1 Å². The number of carbonyl (C=O) groups excluding carboxylic acids is 2. The van der Waals surface area contributed by atoms with E-state index in [9.17, 15) is 9.59 Å². The predicted molar refractivity (Wildman–Crippen MR) is 63.5 cm³/mol. The summed E-state index contributed by atoms with van der Waals surface area (Å²) in [5, 5.41) is 4.62. The van der Waals surface area contributed by atoms with E-state index in [0.717, 1.165) is 11.5 Å². The third kappa shape index (κ3) is 2.66. The number of nitrogens with one attached hydrogen (secondary N) is 1. The van der Waals surface area contributed by atoms with E-state index in [2.05, 4.69) is 19.4 Å². The van der Waals surface area contributed by atoms with E-state index in [1.165, 1.54) is 18.4 Å². The summed E-state index contributed by atoms with van der Waals surface area (Å²) in [6, 6.07) is 3.47. The highest BCUT2D eigenvalue weighted by Crippen LogP contribution is 2.15. The lowest BCUT2D eigenvalue weighted by Gasteiger charge is -1.96. The molecule has 0 unspecified atom stereocenters. The number of ether oxygens (including phenoxy) is 1. The van der Waals surface area contributed by atoms with Crippen molar-refractivity contribution < 1.29 is 14.3 Å². The van der Waals surface area contributed by atoms with Gasteiger partial charge in [0, 0.05) is 11.5 Å². The van der Waals surface area contributed by atoms with Gasteiger partial charge in [0.2, 0.25) is 5.13 Å². The molecule has 6 nitrogen and oxygen atoms in total. The second kappa shape index (κ2) is 5.02.